The van der Waals surface area contributed by atoms with Crippen LogP contribution in [0.15, 0.2) is 186 Å². The van der Waals surface area contributed by atoms with E-state index in [2.05, 4.69) is 22.0 Å². The van der Waals surface area contributed by atoms with E-state index in [1.165, 1.54) is 60.7 Å². The second-order valence-corrected chi connectivity index (χ2v) is 16.8. The molecule has 7 nitrogen and oxygen atoms in total. The van der Waals surface area contributed by atoms with Gasteiger partial charge in [-0.3, -0.25) is 14.4 Å². The summed E-state index contributed by atoms with van der Waals surface area (Å²) in [5.41, 5.74) is 8.46. The van der Waals surface area contributed by atoms with E-state index in [-0.39, 0.29) is 64.3 Å². The quantitative estimate of drug-likeness (QED) is 0.0844. The normalized spacial score (nSPS) is 9.79. The summed E-state index contributed by atoms with van der Waals surface area (Å²) < 4.78 is 64.7. The van der Waals surface area contributed by atoms with E-state index in [1.807, 2.05) is 106 Å². The third kappa shape index (κ3) is 19.2. The van der Waals surface area contributed by atoms with Gasteiger partial charge in [0.15, 0.2) is 17.3 Å². The zero-order valence-electron chi connectivity index (χ0n) is 38.5. The van der Waals surface area contributed by atoms with Crippen molar-refractivity contribution in [2.75, 3.05) is 0 Å². The molecule has 0 aliphatic rings. The Kier molecular flexibility index (Phi) is 24.0. The van der Waals surface area contributed by atoms with Crippen molar-refractivity contribution in [2.24, 2.45) is 0 Å². The summed E-state index contributed by atoms with van der Waals surface area (Å²) in [5.74, 6) is -1.47. The molecule has 350 valence electrons. The van der Waals surface area contributed by atoms with Gasteiger partial charge in [0.1, 0.15) is 17.4 Å². The van der Waals surface area contributed by atoms with Gasteiger partial charge in [0.25, 0.3) is 0 Å². The molecule has 0 saturated heterocycles. The third-order valence-corrected chi connectivity index (χ3v) is 10.5. The van der Waals surface area contributed by atoms with Crippen molar-refractivity contribution in [1.82, 2.24) is 0 Å². The fourth-order valence-electron chi connectivity index (χ4n) is 5.92. The zero-order chi connectivity index (χ0) is 50.6. The maximum Gasteiger partial charge on any atom is 1.00 e. The molecule has 8 aromatic carbocycles. The Morgan fingerprint density at radius 3 is 1.09 bits per heavy atom. The molecule has 14 heteroatoms. The number of rotatable bonds is 8. The van der Waals surface area contributed by atoms with Crippen LogP contribution >= 0.6 is 27.5 Å². The first-order valence-electron chi connectivity index (χ1n) is 20.7. The molecule has 0 aliphatic carbocycles. The molecule has 0 saturated carbocycles. The van der Waals surface area contributed by atoms with Crippen LogP contribution in [-0.4, -0.2) is 35.8 Å². The van der Waals surface area contributed by atoms with Gasteiger partial charge in [0, 0.05) is 54.3 Å². The Morgan fingerprint density at radius 2 is 0.743 bits per heavy atom. The first kappa shape index (κ1) is 57.9. The van der Waals surface area contributed by atoms with Gasteiger partial charge in [-0.1, -0.05) is 123 Å². The van der Waals surface area contributed by atoms with Gasteiger partial charge < -0.3 is 4.79 Å². The SMILES string of the molecule is Cc1cc(C(=O)c2c[c-]c(F)cc2)ccc1F.Cc1ccc(C(=O)c2ccc(Br)cc2)cc1.Cc1ccc(C(=O)c2ccc(Cl)cc2)cc1.Cc1ccc(C(=O)c2ccc(F)cc2)cc1.O=S(=O)=O.[Na+]. The molecular weight excluding hydrogens is 1010 g/mol. The molecule has 0 bridgehead atoms. The molecule has 0 aliphatic heterocycles. The van der Waals surface area contributed by atoms with E-state index in [1.54, 1.807) is 43.3 Å². The van der Waals surface area contributed by atoms with Gasteiger partial charge in [-0.05, 0) is 124 Å². The molecule has 0 spiro atoms. The Hall–Kier alpha value is -6.38. The molecular formula is C56H42BrClF3NaO7S. The Balaban J connectivity index is 0.000000239. The second-order valence-electron chi connectivity index (χ2n) is 15.0. The molecule has 0 aromatic heterocycles. The monoisotopic (exact) mass is 1050 g/mol. The first-order chi connectivity index (χ1) is 32.8. The van der Waals surface area contributed by atoms with E-state index in [0.29, 0.717) is 49.5 Å². The fourth-order valence-corrected chi connectivity index (χ4v) is 6.31. The maximum absolute atomic E-state index is 13.1. The summed E-state index contributed by atoms with van der Waals surface area (Å²) in [7, 11) is -3.11. The van der Waals surface area contributed by atoms with E-state index in [4.69, 9.17) is 24.2 Å². The molecule has 0 heterocycles. The van der Waals surface area contributed by atoms with Crippen molar-refractivity contribution in [3.8, 4) is 0 Å². The van der Waals surface area contributed by atoms with Crippen LogP contribution in [0.2, 0.25) is 5.02 Å². The molecule has 0 fully saturated rings. The summed E-state index contributed by atoms with van der Waals surface area (Å²) in [5, 5.41) is 0.639. The van der Waals surface area contributed by atoms with Crippen LogP contribution in [0.4, 0.5) is 13.2 Å². The summed E-state index contributed by atoms with van der Waals surface area (Å²) >= 11 is 9.12. The smallest absolute Gasteiger partial charge is 0.303 e. The Bertz CT molecular complexity index is 2740. The Labute approximate surface area is 441 Å². The van der Waals surface area contributed by atoms with Crippen LogP contribution in [0.5, 0.6) is 0 Å². The van der Waals surface area contributed by atoms with Crippen molar-refractivity contribution in [3.05, 3.63) is 282 Å². The van der Waals surface area contributed by atoms with Crippen LogP contribution in [0.3, 0.4) is 0 Å². The molecule has 0 amide bonds. The number of hydrogen-bond donors (Lipinski definition) is 0. The van der Waals surface area contributed by atoms with Gasteiger partial charge >= 0.3 is 40.2 Å². The molecule has 0 N–H and O–H groups in total. The van der Waals surface area contributed by atoms with E-state index < -0.39 is 16.4 Å². The van der Waals surface area contributed by atoms with Crippen molar-refractivity contribution in [3.63, 3.8) is 0 Å². The van der Waals surface area contributed by atoms with Crippen molar-refractivity contribution < 1.29 is 74.5 Å². The predicted octanol–water partition coefficient (Wildman–Crippen LogP) is 10.5. The van der Waals surface area contributed by atoms with Crippen molar-refractivity contribution >= 4 is 61.3 Å². The van der Waals surface area contributed by atoms with E-state index in [0.717, 1.165) is 26.7 Å². The molecule has 8 aromatic rings. The van der Waals surface area contributed by atoms with Gasteiger partial charge in [-0.15, -0.1) is 24.8 Å². The molecule has 0 atom stereocenters. The fraction of sp³-hybridized carbons (Fsp3) is 0.0714. The van der Waals surface area contributed by atoms with Crippen molar-refractivity contribution in [2.45, 2.75) is 27.7 Å². The van der Waals surface area contributed by atoms with Crippen LogP contribution in [0.25, 0.3) is 0 Å². The number of halogens is 5. The largest absolute Gasteiger partial charge is 1.00 e. The summed E-state index contributed by atoms with van der Waals surface area (Å²) in [6.07, 6.45) is 0. The summed E-state index contributed by atoms with van der Waals surface area (Å²) in [4.78, 5) is 48.0. The standard InChI is InChI=1S/C14H11BrO.C14H11ClO.C14H9F2O.C14H11FO.Na.O3S/c2*1-10-2-4-11(5-3-10)14(16)12-6-8-13(15)9-7-12;1-9-8-11(4-7-13(9)16)14(17)10-2-5-12(15)6-3-10;1-10-2-4-11(5-3-10)14(16)12-6-8-13(15)9-7-12;;1-4(2)3/h2*2-9H,1H3;2-5,7-8H,1H3;2-9H,1H3;;/q;;-1;;+1;. The van der Waals surface area contributed by atoms with Gasteiger partial charge in [0.2, 0.25) is 0 Å². The molecule has 70 heavy (non-hydrogen) atoms. The first-order valence-corrected chi connectivity index (χ1v) is 22.8. The summed E-state index contributed by atoms with van der Waals surface area (Å²) in [6.45, 7) is 7.56. The van der Waals surface area contributed by atoms with Gasteiger partial charge in [0.05, 0.1) is 0 Å². The van der Waals surface area contributed by atoms with Crippen LogP contribution in [0, 0.1) is 51.2 Å². The Morgan fingerprint density at radius 1 is 0.443 bits per heavy atom. The van der Waals surface area contributed by atoms with Gasteiger partial charge in [-0.2, -0.15) is 12.1 Å². The molecule has 0 unspecified atom stereocenters. The summed E-state index contributed by atoms with van der Waals surface area (Å²) in [6, 6.07) is 52.7. The maximum atomic E-state index is 13.1. The number of benzene rings is 8. The molecule has 8 rings (SSSR count). The third-order valence-electron chi connectivity index (χ3n) is 9.72. The molecule has 0 radical (unpaired) electrons. The minimum absolute atomic E-state index is 0. The number of ketones is 4. The number of hydrogen-bond acceptors (Lipinski definition) is 7. The van der Waals surface area contributed by atoms with Crippen molar-refractivity contribution in [1.29, 1.82) is 0 Å². The van der Waals surface area contributed by atoms with Crippen LogP contribution in [-0.2, 0) is 10.6 Å². The number of carbonyl (C=O) groups excluding carboxylic acids is 4. The second kappa shape index (κ2) is 29.0. The zero-order valence-corrected chi connectivity index (χ0v) is 43.6. The van der Waals surface area contributed by atoms with Crippen LogP contribution in [0.1, 0.15) is 85.9 Å². The van der Waals surface area contributed by atoms with E-state index in [9.17, 15) is 32.3 Å². The minimum Gasteiger partial charge on any atom is -0.303 e. The number of aryl methyl sites for hydroxylation is 4. The topological polar surface area (TPSA) is 119 Å². The van der Waals surface area contributed by atoms with Gasteiger partial charge in [-0.25, -0.2) is 13.2 Å². The van der Waals surface area contributed by atoms with E-state index >= 15 is 0 Å². The average molecular weight is 1050 g/mol. The predicted molar refractivity (Wildman–Crippen MR) is 265 cm³/mol. The average Bonchev–Trinajstić information content (AvgIpc) is 3.34. The van der Waals surface area contributed by atoms with Crippen LogP contribution < -0.4 is 29.6 Å². The minimum atomic E-state index is -3.11. The number of carbonyl (C=O) groups is 4.